The molecule has 88 valence electrons. The highest BCUT2D eigenvalue weighted by molar-refractivity contribution is 9.10. The number of halogens is 2. The number of anilines is 1. The van der Waals surface area contributed by atoms with E-state index in [2.05, 4.69) is 20.9 Å². The van der Waals surface area contributed by atoms with Gasteiger partial charge in [0.15, 0.2) is 5.75 Å². The van der Waals surface area contributed by atoms with Crippen molar-refractivity contribution in [3.63, 3.8) is 0 Å². The largest absolute Gasteiger partial charge is 0.437 e. The minimum Gasteiger partial charge on any atom is -0.437 e. The number of rotatable bonds is 2. The second kappa shape index (κ2) is 4.71. The second-order valence-electron chi connectivity index (χ2n) is 3.50. The van der Waals surface area contributed by atoms with Gasteiger partial charge < -0.3 is 10.5 Å². The van der Waals surface area contributed by atoms with Crippen LogP contribution in [0, 0.1) is 12.7 Å². The summed E-state index contributed by atoms with van der Waals surface area (Å²) in [6, 6.07) is 7.51. The maximum absolute atomic E-state index is 12.8. The van der Waals surface area contributed by atoms with Crippen molar-refractivity contribution < 1.29 is 9.13 Å². The van der Waals surface area contributed by atoms with Gasteiger partial charge in [0.25, 0.3) is 0 Å². The summed E-state index contributed by atoms with van der Waals surface area (Å²) in [5.74, 6) is 0.416. The molecule has 5 heteroatoms. The van der Waals surface area contributed by atoms with E-state index in [-0.39, 0.29) is 5.69 Å². The van der Waals surface area contributed by atoms with Crippen LogP contribution in [0.15, 0.2) is 34.8 Å². The molecule has 1 heterocycles. The van der Waals surface area contributed by atoms with Gasteiger partial charge in [-0.3, -0.25) is 0 Å². The van der Waals surface area contributed by atoms with Crippen molar-refractivity contribution in [2.24, 2.45) is 0 Å². The summed E-state index contributed by atoms with van der Waals surface area (Å²) in [5, 5.41) is 0. The molecule has 0 aliphatic carbocycles. The third-order valence-electron chi connectivity index (χ3n) is 2.18. The molecule has 2 aromatic rings. The number of aryl methyl sites for hydroxylation is 1. The minimum atomic E-state index is -0.394. The van der Waals surface area contributed by atoms with Crippen LogP contribution in [0.25, 0.3) is 0 Å². The molecule has 0 radical (unpaired) electrons. The number of hydrogen-bond donors (Lipinski definition) is 1. The van der Waals surface area contributed by atoms with Crippen molar-refractivity contribution in [1.29, 1.82) is 0 Å². The Labute approximate surface area is 107 Å². The van der Waals surface area contributed by atoms with Crippen LogP contribution in [-0.4, -0.2) is 4.98 Å². The number of nitrogens with zero attached hydrogens (tertiary/aromatic N) is 1. The van der Waals surface area contributed by atoms with Gasteiger partial charge in [-0.1, -0.05) is 0 Å². The summed E-state index contributed by atoms with van der Waals surface area (Å²) in [7, 11) is 0. The number of pyridine rings is 1. The summed E-state index contributed by atoms with van der Waals surface area (Å²) in [5.41, 5.74) is 6.69. The molecule has 0 atom stereocenters. The predicted molar refractivity (Wildman–Crippen MR) is 67.6 cm³/mol. The SMILES string of the molecule is Cc1nc(Oc2ccc(F)cc2N)ccc1Br. The average Bonchev–Trinajstić information content (AvgIpc) is 2.27. The molecule has 0 fully saturated rings. The first-order valence-electron chi connectivity index (χ1n) is 4.92. The highest BCUT2D eigenvalue weighted by Crippen LogP contribution is 2.28. The average molecular weight is 297 g/mol. The number of nitrogen functional groups attached to an aromatic ring is 1. The number of aromatic nitrogens is 1. The van der Waals surface area contributed by atoms with Crippen LogP contribution in [0.5, 0.6) is 11.6 Å². The van der Waals surface area contributed by atoms with E-state index in [1.807, 2.05) is 13.0 Å². The lowest BCUT2D eigenvalue weighted by Crippen LogP contribution is -1.95. The monoisotopic (exact) mass is 296 g/mol. The van der Waals surface area contributed by atoms with Gasteiger partial charge in [-0.05, 0) is 41.1 Å². The number of benzene rings is 1. The van der Waals surface area contributed by atoms with Crippen molar-refractivity contribution >= 4 is 21.6 Å². The van der Waals surface area contributed by atoms with Gasteiger partial charge in [-0.2, -0.15) is 0 Å². The Bertz CT molecular complexity index is 560. The molecule has 2 N–H and O–H groups in total. The van der Waals surface area contributed by atoms with E-state index in [4.69, 9.17) is 10.5 Å². The fourth-order valence-corrected chi connectivity index (χ4v) is 1.52. The molecule has 1 aromatic carbocycles. The van der Waals surface area contributed by atoms with E-state index in [1.54, 1.807) is 6.07 Å². The molecule has 2 rings (SSSR count). The van der Waals surface area contributed by atoms with E-state index in [0.29, 0.717) is 11.6 Å². The zero-order valence-corrected chi connectivity index (χ0v) is 10.7. The van der Waals surface area contributed by atoms with Gasteiger partial charge in [-0.15, -0.1) is 0 Å². The lowest BCUT2D eigenvalue weighted by Gasteiger charge is -2.08. The molecule has 17 heavy (non-hydrogen) atoms. The Balaban J connectivity index is 2.28. The molecule has 0 saturated carbocycles. The van der Waals surface area contributed by atoms with Crippen LogP contribution in [0.1, 0.15) is 5.69 Å². The Morgan fingerprint density at radius 2 is 2.06 bits per heavy atom. The molecule has 3 nitrogen and oxygen atoms in total. The molecule has 0 aliphatic heterocycles. The first-order valence-corrected chi connectivity index (χ1v) is 5.71. The Morgan fingerprint density at radius 3 is 2.71 bits per heavy atom. The summed E-state index contributed by atoms with van der Waals surface area (Å²) in [6.07, 6.45) is 0. The van der Waals surface area contributed by atoms with Crippen LogP contribution < -0.4 is 10.5 Å². The summed E-state index contributed by atoms with van der Waals surface area (Å²) >= 11 is 3.35. The normalized spacial score (nSPS) is 10.3. The topological polar surface area (TPSA) is 48.1 Å². The summed E-state index contributed by atoms with van der Waals surface area (Å²) < 4.78 is 19.2. The predicted octanol–water partition coefficient (Wildman–Crippen LogP) is 3.67. The van der Waals surface area contributed by atoms with Gasteiger partial charge >= 0.3 is 0 Å². The summed E-state index contributed by atoms with van der Waals surface area (Å²) in [4.78, 5) is 4.21. The molecule has 0 unspecified atom stereocenters. The quantitative estimate of drug-likeness (QED) is 0.860. The van der Waals surface area contributed by atoms with Gasteiger partial charge in [-0.25, -0.2) is 9.37 Å². The lowest BCUT2D eigenvalue weighted by atomic mass is 10.3. The van der Waals surface area contributed by atoms with Gasteiger partial charge in [0.2, 0.25) is 5.88 Å². The number of nitrogens with two attached hydrogens (primary N) is 1. The van der Waals surface area contributed by atoms with E-state index >= 15 is 0 Å². The maximum atomic E-state index is 12.8. The second-order valence-corrected chi connectivity index (χ2v) is 4.36. The fourth-order valence-electron chi connectivity index (χ4n) is 1.30. The van der Waals surface area contributed by atoms with Crippen LogP contribution in [-0.2, 0) is 0 Å². The molecule has 1 aromatic heterocycles. The molecule has 0 saturated heterocycles. The Hall–Kier alpha value is -1.62. The zero-order valence-electron chi connectivity index (χ0n) is 9.08. The minimum absolute atomic E-state index is 0.243. The van der Waals surface area contributed by atoms with Gasteiger partial charge in [0.1, 0.15) is 5.82 Å². The lowest BCUT2D eigenvalue weighted by molar-refractivity contribution is 0.462. The van der Waals surface area contributed by atoms with E-state index in [9.17, 15) is 4.39 Å². The van der Waals surface area contributed by atoms with Crippen LogP contribution in [0.4, 0.5) is 10.1 Å². The first-order chi connectivity index (χ1) is 8.06. The van der Waals surface area contributed by atoms with Crippen LogP contribution in [0.2, 0.25) is 0 Å². The van der Waals surface area contributed by atoms with Crippen molar-refractivity contribution in [3.05, 3.63) is 46.3 Å². The highest BCUT2D eigenvalue weighted by Gasteiger charge is 2.05. The zero-order chi connectivity index (χ0) is 12.4. The Morgan fingerprint density at radius 1 is 1.29 bits per heavy atom. The fraction of sp³-hybridized carbons (Fsp3) is 0.0833. The third kappa shape index (κ3) is 2.74. The molecule has 0 aliphatic rings. The van der Waals surface area contributed by atoms with E-state index in [0.717, 1.165) is 10.2 Å². The van der Waals surface area contributed by atoms with Crippen LogP contribution in [0.3, 0.4) is 0 Å². The maximum Gasteiger partial charge on any atom is 0.219 e. The van der Waals surface area contributed by atoms with E-state index in [1.165, 1.54) is 18.2 Å². The first kappa shape index (κ1) is 11.9. The van der Waals surface area contributed by atoms with Crippen molar-refractivity contribution in [1.82, 2.24) is 4.98 Å². The standard InChI is InChI=1S/C12H10BrFN2O/c1-7-9(13)3-5-12(16-7)17-11-4-2-8(14)6-10(11)15/h2-6H,15H2,1H3. The molecule has 0 bridgehead atoms. The summed E-state index contributed by atoms with van der Waals surface area (Å²) in [6.45, 7) is 1.85. The highest BCUT2D eigenvalue weighted by atomic mass is 79.9. The molecule has 0 spiro atoms. The molecular formula is C12H10BrFN2O. The van der Waals surface area contributed by atoms with Gasteiger partial charge in [0, 0.05) is 16.6 Å². The number of hydrogen-bond acceptors (Lipinski definition) is 3. The van der Waals surface area contributed by atoms with Crippen molar-refractivity contribution in [2.45, 2.75) is 6.92 Å². The molecular weight excluding hydrogens is 287 g/mol. The third-order valence-corrected chi connectivity index (χ3v) is 3.02. The number of ether oxygens (including phenoxy) is 1. The van der Waals surface area contributed by atoms with E-state index < -0.39 is 5.82 Å². The van der Waals surface area contributed by atoms with Crippen LogP contribution >= 0.6 is 15.9 Å². The smallest absolute Gasteiger partial charge is 0.219 e. The van der Waals surface area contributed by atoms with Crippen molar-refractivity contribution in [3.8, 4) is 11.6 Å². The van der Waals surface area contributed by atoms with Gasteiger partial charge in [0.05, 0.1) is 11.4 Å². The molecule has 0 amide bonds. The van der Waals surface area contributed by atoms with Crippen molar-refractivity contribution in [2.75, 3.05) is 5.73 Å². The Kier molecular flexibility index (Phi) is 3.28.